The zero-order valence-electron chi connectivity index (χ0n) is 34.7. The van der Waals surface area contributed by atoms with Gasteiger partial charge in [-0.2, -0.15) is 0 Å². The van der Waals surface area contributed by atoms with Gasteiger partial charge in [0, 0.05) is 12.8 Å². The second kappa shape index (κ2) is 36.3. The SMILES string of the molecule is CCCCCCCC/C=C/C/C=C/C/C=C/CCCC(=O)OC[C@@H](CO[C@H]1O[C@@H](CO)[C@@H](O)C(O)C1O)OC(=O)CCCCCCCCCCCCCCC. The molecule has 10 heteroatoms. The number of allylic oxidation sites excluding steroid dienone is 6. The number of unbranched alkanes of at least 4 members (excludes halogenated alkanes) is 19. The first-order chi connectivity index (χ1) is 26.8. The largest absolute Gasteiger partial charge is 0.462 e. The van der Waals surface area contributed by atoms with Gasteiger partial charge in [-0.3, -0.25) is 9.59 Å². The molecule has 1 rings (SSSR count). The Morgan fingerprint density at radius 3 is 1.58 bits per heavy atom. The van der Waals surface area contributed by atoms with E-state index >= 15 is 0 Å². The van der Waals surface area contributed by atoms with Crippen molar-refractivity contribution in [2.75, 3.05) is 19.8 Å². The molecule has 10 nitrogen and oxygen atoms in total. The summed E-state index contributed by atoms with van der Waals surface area (Å²) >= 11 is 0. The van der Waals surface area contributed by atoms with Crippen molar-refractivity contribution in [2.24, 2.45) is 0 Å². The van der Waals surface area contributed by atoms with Crippen molar-refractivity contribution >= 4 is 11.9 Å². The zero-order chi connectivity index (χ0) is 40.2. The van der Waals surface area contributed by atoms with Crippen molar-refractivity contribution in [3.8, 4) is 0 Å². The lowest BCUT2D eigenvalue weighted by molar-refractivity contribution is -0.305. The van der Waals surface area contributed by atoms with E-state index in [1.807, 2.05) is 0 Å². The molecule has 1 aliphatic heterocycles. The maximum absolute atomic E-state index is 12.7. The summed E-state index contributed by atoms with van der Waals surface area (Å²) in [6.45, 7) is 3.36. The molecular weight excluding hydrogens is 700 g/mol. The van der Waals surface area contributed by atoms with Gasteiger partial charge in [0.05, 0.1) is 13.2 Å². The van der Waals surface area contributed by atoms with E-state index in [1.165, 1.54) is 96.3 Å². The molecule has 320 valence electrons. The van der Waals surface area contributed by atoms with E-state index < -0.39 is 55.4 Å². The Hall–Kier alpha value is -2.08. The van der Waals surface area contributed by atoms with Crippen LogP contribution in [0.1, 0.15) is 181 Å². The van der Waals surface area contributed by atoms with Gasteiger partial charge in [0.1, 0.15) is 31.0 Å². The number of esters is 2. The Labute approximate surface area is 334 Å². The maximum atomic E-state index is 12.7. The highest BCUT2D eigenvalue weighted by Gasteiger charge is 2.44. The minimum absolute atomic E-state index is 0.205. The standard InChI is InChI=1S/C45H80O10/c1-3-5-7-9-11-13-15-17-18-19-20-22-23-25-27-29-31-33-40(47)52-36-38(37-53-45-44(51)43(50)42(49)39(35-46)55-45)54-41(48)34-32-30-28-26-24-21-16-14-12-10-8-6-4-2/h17-18,20,22,25,27,38-39,42-46,49-51H,3-16,19,21,23-24,26,28-37H2,1-2H3/b18-17+,22-20+,27-25+/t38-,39-,42+,43?,44?,45-/m0/s1. The molecule has 0 aliphatic carbocycles. The smallest absolute Gasteiger partial charge is 0.306 e. The van der Waals surface area contributed by atoms with Crippen molar-refractivity contribution in [1.82, 2.24) is 0 Å². The van der Waals surface area contributed by atoms with Gasteiger partial charge in [0.2, 0.25) is 0 Å². The van der Waals surface area contributed by atoms with Crippen LogP contribution in [0.15, 0.2) is 36.5 Å². The van der Waals surface area contributed by atoms with Crippen LogP contribution >= 0.6 is 0 Å². The van der Waals surface area contributed by atoms with E-state index in [2.05, 4.69) is 50.3 Å². The molecule has 0 radical (unpaired) electrons. The third-order valence-corrected chi connectivity index (χ3v) is 10.0. The van der Waals surface area contributed by atoms with Gasteiger partial charge < -0.3 is 39.4 Å². The second-order valence-corrected chi connectivity index (χ2v) is 15.2. The van der Waals surface area contributed by atoms with Gasteiger partial charge in [-0.1, -0.05) is 159 Å². The number of carbonyl (C=O) groups is 2. The number of aliphatic hydroxyl groups excluding tert-OH is 4. The molecule has 1 aliphatic rings. The van der Waals surface area contributed by atoms with E-state index in [0.29, 0.717) is 12.8 Å². The summed E-state index contributed by atoms with van der Waals surface area (Å²) in [4.78, 5) is 25.3. The third kappa shape index (κ3) is 28.0. The minimum atomic E-state index is -1.60. The quantitative estimate of drug-likeness (QED) is 0.0275. The molecule has 0 bridgehead atoms. The fourth-order valence-corrected chi connectivity index (χ4v) is 6.50. The predicted molar refractivity (Wildman–Crippen MR) is 219 cm³/mol. The van der Waals surface area contributed by atoms with Crippen molar-refractivity contribution in [2.45, 2.75) is 218 Å². The fourth-order valence-electron chi connectivity index (χ4n) is 6.50. The van der Waals surface area contributed by atoms with Gasteiger partial charge in [-0.25, -0.2) is 0 Å². The molecule has 0 aromatic heterocycles. The molecule has 0 aromatic rings. The maximum Gasteiger partial charge on any atom is 0.306 e. The molecule has 0 amide bonds. The highest BCUT2D eigenvalue weighted by molar-refractivity contribution is 5.70. The Morgan fingerprint density at radius 2 is 1.04 bits per heavy atom. The van der Waals surface area contributed by atoms with Crippen LogP contribution in [-0.4, -0.2) is 89.0 Å². The van der Waals surface area contributed by atoms with Crippen molar-refractivity contribution < 1.29 is 49.0 Å². The number of hydrogen-bond donors (Lipinski definition) is 4. The molecule has 2 unspecified atom stereocenters. The van der Waals surface area contributed by atoms with Crippen LogP contribution in [0.5, 0.6) is 0 Å². The minimum Gasteiger partial charge on any atom is -0.462 e. The summed E-state index contributed by atoms with van der Waals surface area (Å²) in [5.41, 5.74) is 0. The fraction of sp³-hybridized carbons (Fsp3) is 0.822. The first-order valence-corrected chi connectivity index (χ1v) is 22.1. The Morgan fingerprint density at radius 1 is 0.564 bits per heavy atom. The lowest BCUT2D eigenvalue weighted by atomic mass is 9.99. The van der Waals surface area contributed by atoms with Gasteiger partial charge in [0.15, 0.2) is 12.4 Å². The molecule has 1 fully saturated rings. The van der Waals surface area contributed by atoms with Crippen molar-refractivity contribution in [3.63, 3.8) is 0 Å². The average molecular weight is 781 g/mol. The van der Waals surface area contributed by atoms with E-state index in [0.717, 1.165) is 44.9 Å². The normalized spacial score (nSPS) is 20.9. The summed E-state index contributed by atoms with van der Waals surface area (Å²) in [6, 6.07) is 0. The van der Waals surface area contributed by atoms with Crippen LogP contribution in [0.25, 0.3) is 0 Å². The zero-order valence-corrected chi connectivity index (χ0v) is 34.7. The van der Waals surface area contributed by atoms with E-state index in [-0.39, 0.29) is 26.1 Å². The van der Waals surface area contributed by atoms with Gasteiger partial charge >= 0.3 is 11.9 Å². The van der Waals surface area contributed by atoms with Crippen LogP contribution in [0.2, 0.25) is 0 Å². The first-order valence-electron chi connectivity index (χ1n) is 22.1. The molecular formula is C45H80O10. The van der Waals surface area contributed by atoms with Crippen LogP contribution < -0.4 is 0 Å². The topological polar surface area (TPSA) is 152 Å². The number of aliphatic hydroxyl groups is 4. The van der Waals surface area contributed by atoms with Crippen LogP contribution in [-0.2, 0) is 28.5 Å². The molecule has 0 aromatic carbocycles. The summed E-state index contributed by atoms with van der Waals surface area (Å²) < 4.78 is 22.1. The van der Waals surface area contributed by atoms with E-state index in [9.17, 15) is 30.0 Å². The number of ether oxygens (including phenoxy) is 4. The summed E-state index contributed by atoms with van der Waals surface area (Å²) in [5.74, 6) is -0.865. The van der Waals surface area contributed by atoms with E-state index in [1.54, 1.807) is 0 Å². The van der Waals surface area contributed by atoms with Crippen LogP contribution in [0.4, 0.5) is 0 Å². The Kier molecular flexibility index (Phi) is 33.6. The second-order valence-electron chi connectivity index (χ2n) is 15.2. The molecule has 0 spiro atoms. The molecule has 0 saturated carbocycles. The summed E-state index contributed by atoms with van der Waals surface area (Å²) in [7, 11) is 0. The highest BCUT2D eigenvalue weighted by Crippen LogP contribution is 2.22. The van der Waals surface area contributed by atoms with Crippen molar-refractivity contribution in [3.05, 3.63) is 36.5 Å². The monoisotopic (exact) mass is 781 g/mol. The van der Waals surface area contributed by atoms with Crippen LogP contribution in [0.3, 0.4) is 0 Å². The Balaban J connectivity index is 2.38. The summed E-state index contributed by atoms with van der Waals surface area (Å²) in [6.07, 6.45) is 33.0. The molecule has 1 heterocycles. The average Bonchev–Trinajstić information content (AvgIpc) is 3.18. The molecule has 6 atom stereocenters. The van der Waals surface area contributed by atoms with Gasteiger partial charge in [-0.15, -0.1) is 0 Å². The number of hydrogen-bond acceptors (Lipinski definition) is 10. The van der Waals surface area contributed by atoms with E-state index in [4.69, 9.17) is 18.9 Å². The number of rotatable bonds is 36. The lowest BCUT2D eigenvalue weighted by Crippen LogP contribution is -2.59. The predicted octanol–water partition coefficient (Wildman–Crippen LogP) is 9.11. The lowest BCUT2D eigenvalue weighted by Gasteiger charge is -2.39. The molecule has 4 N–H and O–H groups in total. The Bertz CT molecular complexity index is 996. The highest BCUT2D eigenvalue weighted by atomic mass is 16.7. The number of carbonyl (C=O) groups excluding carboxylic acids is 2. The van der Waals surface area contributed by atoms with Crippen molar-refractivity contribution in [1.29, 1.82) is 0 Å². The molecule has 55 heavy (non-hydrogen) atoms. The summed E-state index contributed by atoms with van der Waals surface area (Å²) in [5, 5.41) is 40.0. The first kappa shape index (κ1) is 50.9. The third-order valence-electron chi connectivity index (χ3n) is 10.0. The van der Waals surface area contributed by atoms with Gasteiger partial charge in [-0.05, 0) is 44.9 Å². The molecule has 1 saturated heterocycles. The van der Waals surface area contributed by atoms with Crippen LogP contribution in [0, 0.1) is 0 Å². The van der Waals surface area contributed by atoms with Gasteiger partial charge in [0.25, 0.3) is 0 Å².